The van der Waals surface area contributed by atoms with E-state index in [1.54, 1.807) is 4.90 Å². The van der Waals surface area contributed by atoms with Crippen LogP contribution in [0.15, 0.2) is 0 Å². The van der Waals surface area contributed by atoms with Gasteiger partial charge in [0.25, 0.3) is 0 Å². The molecular formula is C17H30N4O3. The summed E-state index contributed by atoms with van der Waals surface area (Å²) in [6, 6.07) is 0.104. The van der Waals surface area contributed by atoms with E-state index in [-0.39, 0.29) is 30.3 Å². The first kappa shape index (κ1) is 18.5. The van der Waals surface area contributed by atoms with Crippen LogP contribution in [0.4, 0.5) is 4.79 Å². The van der Waals surface area contributed by atoms with Crippen LogP contribution in [0, 0.1) is 5.92 Å². The Morgan fingerprint density at radius 3 is 2.00 bits per heavy atom. The number of nitrogens with one attached hydrogen (secondary N) is 1. The molecule has 1 atom stereocenters. The van der Waals surface area contributed by atoms with E-state index in [0.29, 0.717) is 26.2 Å². The lowest BCUT2D eigenvalue weighted by Gasteiger charge is -2.38. The number of piperazine rings is 1. The summed E-state index contributed by atoms with van der Waals surface area (Å²) in [7, 11) is 0. The molecule has 0 aromatic carbocycles. The Kier molecular flexibility index (Phi) is 6.87. The number of hydrogen-bond acceptors (Lipinski definition) is 3. The number of carbonyl (C=O) groups excluding carboxylic acids is 3. The van der Waals surface area contributed by atoms with Crippen molar-refractivity contribution in [1.82, 2.24) is 20.0 Å². The van der Waals surface area contributed by atoms with Crippen molar-refractivity contribution in [3.05, 3.63) is 0 Å². The van der Waals surface area contributed by atoms with E-state index < -0.39 is 0 Å². The van der Waals surface area contributed by atoms with Crippen LogP contribution in [0.5, 0.6) is 0 Å². The number of urea groups is 1. The smallest absolute Gasteiger partial charge is 0.320 e. The summed E-state index contributed by atoms with van der Waals surface area (Å²) in [5, 5.41) is 2.70. The van der Waals surface area contributed by atoms with Gasteiger partial charge in [-0.25, -0.2) is 4.79 Å². The van der Waals surface area contributed by atoms with Crippen molar-refractivity contribution in [1.29, 1.82) is 0 Å². The Hall–Kier alpha value is -1.79. The molecule has 0 saturated carbocycles. The van der Waals surface area contributed by atoms with Gasteiger partial charge in [-0.1, -0.05) is 13.8 Å². The van der Waals surface area contributed by atoms with Gasteiger partial charge < -0.3 is 20.0 Å². The van der Waals surface area contributed by atoms with Gasteiger partial charge in [-0.3, -0.25) is 9.59 Å². The Bertz CT molecular complexity index is 455. The predicted octanol–water partition coefficient (Wildman–Crippen LogP) is 0.899. The number of hydrogen-bond donors (Lipinski definition) is 1. The molecule has 2 saturated heterocycles. The van der Waals surface area contributed by atoms with Crippen LogP contribution < -0.4 is 5.32 Å². The van der Waals surface area contributed by atoms with Crippen molar-refractivity contribution in [3.63, 3.8) is 0 Å². The van der Waals surface area contributed by atoms with Gasteiger partial charge in [-0.2, -0.15) is 0 Å². The minimum atomic E-state index is -0.0789. The lowest BCUT2D eigenvalue weighted by atomic mass is 10.1. The second-order valence-electron chi connectivity index (χ2n) is 6.73. The van der Waals surface area contributed by atoms with Gasteiger partial charge in [-0.15, -0.1) is 0 Å². The molecule has 0 spiro atoms. The molecule has 2 heterocycles. The zero-order chi connectivity index (χ0) is 17.5. The van der Waals surface area contributed by atoms with Crippen LogP contribution in [0.3, 0.4) is 0 Å². The molecule has 24 heavy (non-hydrogen) atoms. The third-order valence-electron chi connectivity index (χ3n) is 5.00. The highest BCUT2D eigenvalue weighted by atomic mass is 16.2. The van der Waals surface area contributed by atoms with Crippen molar-refractivity contribution in [2.45, 2.75) is 39.5 Å². The molecule has 0 unspecified atom stereocenters. The highest BCUT2D eigenvalue weighted by molar-refractivity contribution is 5.85. The van der Waals surface area contributed by atoms with Crippen LogP contribution in [0.25, 0.3) is 0 Å². The summed E-state index contributed by atoms with van der Waals surface area (Å²) < 4.78 is 0. The molecular weight excluding hydrogens is 308 g/mol. The largest absolute Gasteiger partial charge is 0.347 e. The maximum Gasteiger partial charge on any atom is 0.320 e. The fourth-order valence-electron chi connectivity index (χ4n) is 3.07. The number of nitrogens with zero attached hydrogens (tertiary/aromatic N) is 3. The van der Waals surface area contributed by atoms with E-state index in [1.165, 1.54) is 6.42 Å². The summed E-state index contributed by atoms with van der Waals surface area (Å²) in [6.07, 6.45) is 4.13. The topological polar surface area (TPSA) is 73.0 Å². The fourth-order valence-corrected chi connectivity index (χ4v) is 3.07. The Balaban J connectivity index is 1.72. The van der Waals surface area contributed by atoms with E-state index >= 15 is 0 Å². The first-order chi connectivity index (χ1) is 11.5. The van der Waals surface area contributed by atoms with Gasteiger partial charge >= 0.3 is 6.03 Å². The van der Waals surface area contributed by atoms with Crippen molar-refractivity contribution < 1.29 is 14.4 Å². The summed E-state index contributed by atoms with van der Waals surface area (Å²) in [5.74, 6) is -0.224. The summed E-state index contributed by atoms with van der Waals surface area (Å²) >= 11 is 0. The van der Waals surface area contributed by atoms with Crippen molar-refractivity contribution in [2.75, 3.05) is 45.8 Å². The Morgan fingerprint density at radius 2 is 1.42 bits per heavy atom. The average molecular weight is 338 g/mol. The number of carbonyl (C=O) groups is 3. The molecule has 0 bridgehead atoms. The van der Waals surface area contributed by atoms with E-state index in [0.717, 1.165) is 32.4 Å². The maximum absolute atomic E-state index is 12.4. The second kappa shape index (κ2) is 8.89. The molecule has 2 aliphatic heterocycles. The van der Waals surface area contributed by atoms with Gasteiger partial charge in [0.15, 0.2) is 0 Å². The molecule has 1 N–H and O–H groups in total. The van der Waals surface area contributed by atoms with Crippen molar-refractivity contribution >= 4 is 17.8 Å². The normalized spacial score (nSPS) is 19.8. The Morgan fingerprint density at radius 1 is 0.875 bits per heavy atom. The van der Waals surface area contributed by atoms with Crippen LogP contribution in [0.2, 0.25) is 0 Å². The zero-order valence-electron chi connectivity index (χ0n) is 14.9. The molecule has 2 rings (SSSR count). The van der Waals surface area contributed by atoms with Crippen LogP contribution in [-0.4, -0.2) is 78.4 Å². The third kappa shape index (κ3) is 4.85. The molecule has 0 radical (unpaired) electrons. The van der Waals surface area contributed by atoms with E-state index in [2.05, 4.69) is 5.32 Å². The highest BCUT2D eigenvalue weighted by Crippen LogP contribution is 2.13. The van der Waals surface area contributed by atoms with Crippen LogP contribution in [0.1, 0.15) is 39.5 Å². The van der Waals surface area contributed by atoms with Crippen molar-refractivity contribution in [2.24, 2.45) is 5.92 Å². The SMILES string of the molecule is CC[C@H](C)C(=O)NCC(=O)N1CCN(C(=O)N2CCCCC2)CC1. The number of amides is 4. The second-order valence-corrected chi connectivity index (χ2v) is 6.73. The first-order valence-electron chi connectivity index (χ1n) is 9.12. The molecule has 0 aliphatic carbocycles. The monoisotopic (exact) mass is 338 g/mol. The molecule has 2 aliphatic rings. The van der Waals surface area contributed by atoms with Crippen LogP contribution >= 0.6 is 0 Å². The molecule has 0 aromatic heterocycles. The van der Waals surface area contributed by atoms with Gasteiger partial charge in [0.1, 0.15) is 0 Å². The predicted molar refractivity (Wildman–Crippen MR) is 91.4 cm³/mol. The lowest BCUT2D eigenvalue weighted by Crippen LogP contribution is -2.56. The minimum absolute atomic E-state index is 0.0449. The van der Waals surface area contributed by atoms with Gasteiger partial charge in [-0.05, 0) is 25.7 Å². The summed E-state index contributed by atoms with van der Waals surface area (Å²) in [6.45, 7) is 7.76. The quantitative estimate of drug-likeness (QED) is 0.828. The number of rotatable bonds is 4. The fraction of sp³-hybridized carbons (Fsp3) is 0.824. The molecule has 2 fully saturated rings. The van der Waals surface area contributed by atoms with Gasteiger partial charge in [0.2, 0.25) is 11.8 Å². The summed E-state index contributed by atoms with van der Waals surface area (Å²) in [4.78, 5) is 41.9. The van der Waals surface area contributed by atoms with E-state index in [9.17, 15) is 14.4 Å². The standard InChI is InChI=1S/C17H30N4O3/c1-3-14(2)16(23)18-13-15(22)19-9-11-21(12-10-19)17(24)20-7-5-4-6-8-20/h14H,3-13H2,1-2H3,(H,18,23)/t14-/m0/s1. The first-order valence-corrected chi connectivity index (χ1v) is 9.12. The molecule has 7 nitrogen and oxygen atoms in total. The molecule has 4 amide bonds. The van der Waals surface area contributed by atoms with Gasteiger partial charge in [0.05, 0.1) is 6.54 Å². The van der Waals surface area contributed by atoms with Crippen LogP contribution in [-0.2, 0) is 9.59 Å². The van der Waals surface area contributed by atoms with Crippen molar-refractivity contribution in [3.8, 4) is 0 Å². The third-order valence-corrected chi connectivity index (χ3v) is 5.00. The Labute approximate surface area is 144 Å². The summed E-state index contributed by atoms with van der Waals surface area (Å²) in [5.41, 5.74) is 0. The number of piperidine rings is 1. The maximum atomic E-state index is 12.4. The highest BCUT2D eigenvalue weighted by Gasteiger charge is 2.27. The van der Waals surface area contributed by atoms with E-state index in [4.69, 9.17) is 0 Å². The molecule has 7 heteroatoms. The lowest BCUT2D eigenvalue weighted by molar-refractivity contribution is -0.134. The average Bonchev–Trinajstić information content (AvgIpc) is 2.65. The van der Waals surface area contributed by atoms with E-state index in [1.807, 2.05) is 23.6 Å². The van der Waals surface area contributed by atoms with Gasteiger partial charge in [0, 0.05) is 45.2 Å². The number of likely N-dealkylation sites (tertiary alicyclic amines) is 1. The zero-order valence-corrected chi connectivity index (χ0v) is 14.9. The molecule has 136 valence electrons. The minimum Gasteiger partial charge on any atom is -0.347 e. The molecule has 0 aromatic rings.